The van der Waals surface area contributed by atoms with Gasteiger partial charge < -0.3 is 21.1 Å². The molecule has 37 heavy (non-hydrogen) atoms. The van der Waals surface area contributed by atoms with Gasteiger partial charge >= 0.3 is 0 Å². The number of methoxy groups -OCH3 is 1. The Morgan fingerprint density at radius 2 is 1.62 bits per heavy atom. The summed E-state index contributed by atoms with van der Waals surface area (Å²) in [5, 5.41) is 5.70. The molecular weight excluding hydrogens is 470 g/mol. The lowest BCUT2D eigenvalue weighted by Crippen LogP contribution is -2.54. The second-order valence-corrected chi connectivity index (χ2v) is 9.58. The quantitative estimate of drug-likeness (QED) is 0.367. The van der Waals surface area contributed by atoms with E-state index in [0.717, 1.165) is 24.0 Å². The van der Waals surface area contributed by atoms with E-state index in [4.69, 9.17) is 10.5 Å². The van der Waals surface area contributed by atoms with Crippen LogP contribution in [-0.4, -0.2) is 46.8 Å². The molecule has 3 aromatic rings. The first-order valence-electron chi connectivity index (χ1n) is 12.2. The predicted molar refractivity (Wildman–Crippen MR) is 139 cm³/mol. The van der Waals surface area contributed by atoms with Gasteiger partial charge in [0.2, 0.25) is 5.91 Å². The third-order valence-corrected chi connectivity index (χ3v) is 6.72. The van der Waals surface area contributed by atoms with Crippen LogP contribution in [0.1, 0.15) is 41.3 Å². The molecule has 1 aromatic heterocycles. The maximum Gasteiger partial charge on any atom is 0.257 e. The summed E-state index contributed by atoms with van der Waals surface area (Å²) in [6.45, 7) is 1.92. The predicted octanol–water partition coefficient (Wildman–Crippen LogP) is 2.51. The number of ketones is 1. The van der Waals surface area contributed by atoms with Gasteiger partial charge in [-0.05, 0) is 42.5 Å². The van der Waals surface area contributed by atoms with Gasteiger partial charge in [-0.2, -0.15) is 0 Å². The highest BCUT2D eigenvalue weighted by molar-refractivity contribution is 6.01. The van der Waals surface area contributed by atoms with Crippen LogP contribution in [0.4, 0.5) is 5.82 Å². The van der Waals surface area contributed by atoms with Gasteiger partial charge in [0, 0.05) is 18.0 Å². The number of benzene rings is 2. The average molecular weight is 502 g/mol. The highest BCUT2D eigenvalue weighted by atomic mass is 16.5. The molecule has 0 aliphatic heterocycles. The number of ether oxygens (including phenoxy) is 1. The van der Waals surface area contributed by atoms with Crippen molar-refractivity contribution in [2.24, 2.45) is 5.41 Å². The molecule has 2 amide bonds. The van der Waals surface area contributed by atoms with Crippen molar-refractivity contribution in [3.8, 4) is 5.75 Å². The van der Waals surface area contributed by atoms with E-state index in [1.165, 1.54) is 12.5 Å². The van der Waals surface area contributed by atoms with E-state index in [9.17, 15) is 14.4 Å². The number of nitrogens with two attached hydrogens (primary N) is 1. The average Bonchev–Trinajstić information content (AvgIpc) is 3.67. The molecule has 4 rings (SSSR count). The molecule has 4 N–H and O–H groups in total. The summed E-state index contributed by atoms with van der Waals surface area (Å²) in [5.41, 5.74) is 7.23. The molecule has 2 atom stereocenters. The normalized spacial score (nSPS) is 15.2. The maximum atomic E-state index is 13.6. The van der Waals surface area contributed by atoms with Crippen LogP contribution in [0.2, 0.25) is 0 Å². The number of hydrogen-bond acceptors (Lipinski definition) is 7. The van der Waals surface area contributed by atoms with Crippen LogP contribution in [0.3, 0.4) is 0 Å². The zero-order chi connectivity index (χ0) is 26.4. The van der Waals surface area contributed by atoms with Crippen LogP contribution in [0.25, 0.3) is 0 Å². The van der Waals surface area contributed by atoms with Gasteiger partial charge in [-0.15, -0.1) is 0 Å². The highest BCUT2D eigenvalue weighted by Crippen LogP contribution is 2.46. The Bertz CT molecular complexity index is 1260. The van der Waals surface area contributed by atoms with E-state index < -0.39 is 29.3 Å². The summed E-state index contributed by atoms with van der Waals surface area (Å²) in [7, 11) is 1.57. The monoisotopic (exact) mass is 501 g/mol. The van der Waals surface area contributed by atoms with Crippen LogP contribution < -0.4 is 21.1 Å². The first kappa shape index (κ1) is 25.8. The van der Waals surface area contributed by atoms with Crippen LogP contribution in [0.5, 0.6) is 5.75 Å². The number of carbonyl (C=O) groups excluding carboxylic acids is 3. The Morgan fingerprint density at radius 3 is 2.24 bits per heavy atom. The number of carbonyl (C=O) groups is 3. The summed E-state index contributed by atoms with van der Waals surface area (Å²) in [6, 6.07) is 15.1. The lowest BCUT2D eigenvalue weighted by Gasteiger charge is -2.25. The molecular formula is C28H31N5O4. The topological polar surface area (TPSA) is 136 Å². The van der Waals surface area contributed by atoms with Gasteiger partial charge in [0.15, 0.2) is 5.78 Å². The minimum absolute atomic E-state index is 0.0000640. The first-order valence-corrected chi connectivity index (χ1v) is 12.2. The minimum atomic E-state index is -0.974. The van der Waals surface area contributed by atoms with Crippen molar-refractivity contribution in [3.05, 3.63) is 83.8 Å². The molecule has 1 saturated carbocycles. The molecule has 192 valence electrons. The molecule has 1 aliphatic rings. The van der Waals surface area contributed by atoms with Gasteiger partial charge in [0.25, 0.3) is 5.91 Å². The fraction of sp³-hybridized carbons (Fsp3) is 0.321. The molecule has 0 saturated heterocycles. The Hall–Kier alpha value is -4.27. The molecule has 0 spiro atoms. The highest BCUT2D eigenvalue weighted by Gasteiger charge is 2.48. The molecule has 0 bridgehead atoms. The van der Waals surface area contributed by atoms with E-state index in [0.29, 0.717) is 12.2 Å². The van der Waals surface area contributed by atoms with E-state index in [1.54, 1.807) is 19.2 Å². The summed E-state index contributed by atoms with van der Waals surface area (Å²) < 4.78 is 5.22. The number of rotatable bonds is 11. The third-order valence-electron chi connectivity index (χ3n) is 6.72. The smallest absolute Gasteiger partial charge is 0.257 e. The second-order valence-electron chi connectivity index (χ2n) is 9.58. The molecule has 2 aromatic carbocycles. The number of amides is 2. The van der Waals surface area contributed by atoms with Crippen LogP contribution in [-0.2, 0) is 22.4 Å². The number of Topliss-reactive ketones (excluding diaryl/α,β-unsaturated/α-hetero) is 1. The summed E-state index contributed by atoms with van der Waals surface area (Å²) in [5.74, 6) is -0.353. The van der Waals surface area contributed by atoms with Gasteiger partial charge in [0.05, 0.1) is 18.7 Å². The number of nitrogens with zero attached hydrogens (tertiary/aromatic N) is 2. The fourth-order valence-corrected chi connectivity index (χ4v) is 4.14. The minimum Gasteiger partial charge on any atom is -0.497 e. The molecule has 0 unspecified atom stereocenters. The van der Waals surface area contributed by atoms with Crippen molar-refractivity contribution in [2.75, 3.05) is 12.8 Å². The Balaban J connectivity index is 1.57. The van der Waals surface area contributed by atoms with Gasteiger partial charge in [0.1, 0.15) is 23.9 Å². The maximum absolute atomic E-state index is 13.6. The van der Waals surface area contributed by atoms with Crippen molar-refractivity contribution in [2.45, 2.75) is 44.7 Å². The van der Waals surface area contributed by atoms with Crippen molar-refractivity contribution in [3.63, 3.8) is 0 Å². The lowest BCUT2D eigenvalue weighted by atomic mass is 9.92. The van der Waals surface area contributed by atoms with Crippen LogP contribution >= 0.6 is 0 Å². The molecule has 9 heteroatoms. The van der Waals surface area contributed by atoms with Gasteiger partial charge in [-0.25, -0.2) is 9.97 Å². The number of nitrogen functional groups attached to an aromatic ring is 1. The van der Waals surface area contributed by atoms with Gasteiger partial charge in [-0.3, -0.25) is 14.4 Å². The summed E-state index contributed by atoms with van der Waals surface area (Å²) in [4.78, 5) is 47.7. The number of nitrogens with one attached hydrogen (secondary N) is 2. The second kappa shape index (κ2) is 11.2. The van der Waals surface area contributed by atoms with Crippen molar-refractivity contribution in [1.29, 1.82) is 0 Å². The standard InChI is InChI=1S/C28H31N5O4/c1-28(12-13-28)24(34)22(14-18-6-4-3-5-7-18)32-27(36)23(15-19-8-10-20(37-2)11-9-19)33-26(35)21-16-30-17-31-25(21)29/h3-11,16-17,22-23H,12-15H2,1-2H3,(H,32,36)(H,33,35)(H2,29,30,31)/t22-,23-/m0/s1. The number of aromatic nitrogens is 2. The number of anilines is 1. The molecule has 1 aliphatic carbocycles. The van der Waals surface area contributed by atoms with Crippen molar-refractivity contribution < 1.29 is 19.1 Å². The zero-order valence-corrected chi connectivity index (χ0v) is 20.9. The lowest BCUT2D eigenvalue weighted by molar-refractivity contribution is -0.131. The van der Waals surface area contributed by atoms with E-state index in [-0.39, 0.29) is 23.6 Å². The molecule has 0 radical (unpaired) electrons. The summed E-state index contributed by atoms with van der Waals surface area (Å²) in [6.07, 6.45) is 4.70. The molecule has 9 nitrogen and oxygen atoms in total. The van der Waals surface area contributed by atoms with Crippen LogP contribution in [0.15, 0.2) is 67.1 Å². The third kappa shape index (κ3) is 6.49. The van der Waals surface area contributed by atoms with Crippen molar-refractivity contribution >= 4 is 23.4 Å². The van der Waals surface area contributed by atoms with Gasteiger partial charge in [-0.1, -0.05) is 49.4 Å². The Morgan fingerprint density at radius 1 is 0.973 bits per heavy atom. The van der Waals surface area contributed by atoms with Crippen molar-refractivity contribution in [1.82, 2.24) is 20.6 Å². The van der Waals surface area contributed by atoms with E-state index in [1.807, 2.05) is 49.4 Å². The van der Waals surface area contributed by atoms with E-state index >= 15 is 0 Å². The fourth-order valence-electron chi connectivity index (χ4n) is 4.14. The first-order chi connectivity index (χ1) is 17.8. The molecule has 1 heterocycles. The SMILES string of the molecule is COc1ccc(C[C@H](NC(=O)c2cncnc2N)C(=O)N[C@@H](Cc2ccccc2)C(=O)C2(C)CC2)cc1. The number of hydrogen-bond donors (Lipinski definition) is 3. The van der Waals surface area contributed by atoms with Crippen LogP contribution in [0, 0.1) is 5.41 Å². The summed E-state index contributed by atoms with van der Waals surface area (Å²) >= 11 is 0. The Labute approximate surface area is 215 Å². The Kier molecular flexibility index (Phi) is 7.81. The van der Waals surface area contributed by atoms with E-state index in [2.05, 4.69) is 20.6 Å². The largest absolute Gasteiger partial charge is 0.497 e. The molecule has 1 fully saturated rings. The zero-order valence-electron chi connectivity index (χ0n) is 20.9.